The molecule has 0 bridgehead atoms. The summed E-state index contributed by atoms with van der Waals surface area (Å²) in [6, 6.07) is -3.55. The van der Waals surface area contributed by atoms with Crippen molar-refractivity contribution in [2.24, 2.45) is 0 Å². The van der Waals surface area contributed by atoms with Gasteiger partial charge < -0.3 is 229 Å². The van der Waals surface area contributed by atoms with Crippen molar-refractivity contribution in [2.75, 3.05) is 59.5 Å². The predicted octanol–water partition coefficient (Wildman–Crippen LogP) is -20.3. The van der Waals surface area contributed by atoms with E-state index in [0.29, 0.717) is 0 Å². The fourth-order valence-corrected chi connectivity index (χ4v) is 13.5. The molecule has 9 rings (SSSR count). The molecular weight excluding hydrogens is 1460 g/mol. The van der Waals surface area contributed by atoms with Crippen molar-refractivity contribution >= 4 is 11.8 Å². The number of aliphatic hydroxyl groups excluding tert-OH is 27. The summed E-state index contributed by atoms with van der Waals surface area (Å²) in [6.07, 6.45) is -90.3. The van der Waals surface area contributed by atoms with E-state index in [9.17, 15) is 147 Å². The second-order valence-corrected chi connectivity index (χ2v) is 26.7. The Labute approximate surface area is 598 Å². The zero-order valence-electron chi connectivity index (χ0n) is 56.2. The fraction of sp³-hybridized carbons (Fsp3) is 0.966. The van der Waals surface area contributed by atoms with Crippen LogP contribution in [0.3, 0.4) is 0 Å². The van der Waals surface area contributed by atoms with Crippen LogP contribution in [0.4, 0.5) is 0 Å². The molecule has 0 aromatic carbocycles. The highest BCUT2D eigenvalue weighted by Crippen LogP contribution is 2.39. The van der Waals surface area contributed by atoms with Crippen molar-refractivity contribution in [2.45, 2.75) is 290 Å². The lowest BCUT2D eigenvalue weighted by molar-refractivity contribution is -0.399. The zero-order valence-corrected chi connectivity index (χ0v) is 56.2. The summed E-state index contributed by atoms with van der Waals surface area (Å²) in [7, 11) is 0. The number of ether oxygens (including phenoxy) is 17. The molecule has 616 valence electrons. The molecule has 106 heavy (non-hydrogen) atoms. The molecule has 9 saturated heterocycles. The van der Waals surface area contributed by atoms with Gasteiger partial charge in [-0.25, -0.2) is 0 Å². The molecule has 0 aliphatic carbocycles. The Morgan fingerprint density at radius 2 is 0.519 bits per heavy atom. The molecule has 9 heterocycles. The molecule has 9 fully saturated rings. The molecule has 0 radical (unpaired) electrons. The van der Waals surface area contributed by atoms with Gasteiger partial charge >= 0.3 is 0 Å². The van der Waals surface area contributed by atoms with Crippen molar-refractivity contribution in [1.29, 1.82) is 0 Å². The van der Waals surface area contributed by atoms with Gasteiger partial charge in [-0.3, -0.25) is 9.59 Å². The van der Waals surface area contributed by atoms with E-state index in [-0.39, 0.29) is 0 Å². The third-order valence-electron chi connectivity index (χ3n) is 19.5. The molecule has 9 aliphatic heterocycles. The SMILES string of the molecule is CC(=O)N[C@@H]1[C@@H](O)[C@H](O[C@H]2O[C@H](CO)[C@@H](O[C@@H]3O[C@H](CO[C@H]4O[C@H](CO[C@H]5O[C@H](CO)[C@@H](O)[C@H](O)[C@@H]5O[C@H]5O[C@H](CO)[C@@H](O)[C@H](O)[C@@H]5O)[C@@H](O)[C@H](O[C@H]5O[C@H](CO)[C@@H](O)[C@H](O)[C@@H]5O)[C@@H]4O)[C@@H](O)[C@H](O[C@H]4O[C@H](CO)[C@@H](O)[C@H](O)[C@@H]4O[C@H]4O[C@H](CO)[C@@H](O)[C@H](O)[C@@H]4O)[C@@H]3O)[C@H](O)[C@H]2NC(C)=O)[C@@H](CO)O[C@H]1O. The number of carbonyl (C=O) groups excluding carboxylic acids is 2. The average Bonchev–Trinajstić information content (AvgIpc) is 0.774. The van der Waals surface area contributed by atoms with E-state index in [1.165, 1.54) is 0 Å². The number of aliphatic hydroxyl groups is 27. The first-order valence-corrected chi connectivity index (χ1v) is 33.7. The third kappa shape index (κ3) is 18.7. The molecule has 48 nitrogen and oxygen atoms in total. The highest BCUT2D eigenvalue weighted by molar-refractivity contribution is 5.73. The Balaban J connectivity index is 1.05. The molecule has 0 aromatic rings. The van der Waals surface area contributed by atoms with Crippen LogP contribution < -0.4 is 10.6 Å². The molecule has 9 aliphatic rings. The lowest BCUT2D eigenvalue weighted by atomic mass is 9.94. The van der Waals surface area contributed by atoms with Crippen LogP contribution in [0.1, 0.15) is 13.8 Å². The topological polar surface area (TPSA) is 761 Å². The second-order valence-electron chi connectivity index (χ2n) is 26.7. The van der Waals surface area contributed by atoms with Crippen molar-refractivity contribution < 1.29 is 228 Å². The summed E-state index contributed by atoms with van der Waals surface area (Å²) in [6.45, 7) is -7.76. The molecule has 0 saturated carbocycles. The maximum absolute atomic E-state index is 12.9. The third-order valence-corrected chi connectivity index (χ3v) is 19.5. The van der Waals surface area contributed by atoms with E-state index < -0.39 is 348 Å². The van der Waals surface area contributed by atoms with Gasteiger partial charge in [0.2, 0.25) is 11.8 Å². The summed E-state index contributed by atoms with van der Waals surface area (Å²) in [4.78, 5) is 25.0. The van der Waals surface area contributed by atoms with E-state index in [4.69, 9.17) is 80.5 Å². The van der Waals surface area contributed by atoms with E-state index in [0.717, 1.165) is 13.8 Å². The Morgan fingerprint density at radius 3 is 0.934 bits per heavy atom. The summed E-state index contributed by atoms with van der Waals surface area (Å²) < 4.78 is 98.8. The Bertz CT molecular complexity index is 2710. The lowest BCUT2D eigenvalue weighted by Crippen LogP contribution is -2.70. The van der Waals surface area contributed by atoms with E-state index in [2.05, 4.69) is 10.6 Å². The first-order valence-electron chi connectivity index (χ1n) is 33.7. The van der Waals surface area contributed by atoms with Gasteiger partial charge in [0.25, 0.3) is 0 Å². The van der Waals surface area contributed by atoms with Crippen molar-refractivity contribution in [3.8, 4) is 0 Å². The molecule has 29 N–H and O–H groups in total. The predicted molar refractivity (Wildman–Crippen MR) is 320 cm³/mol. The van der Waals surface area contributed by atoms with Crippen molar-refractivity contribution in [1.82, 2.24) is 10.6 Å². The number of hydrogen-bond acceptors (Lipinski definition) is 46. The smallest absolute Gasteiger partial charge is 0.217 e. The van der Waals surface area contributed by atoms with Crippen molar-refractivity contribution in [3.05, 3.63) is 0 Å². The highest BCUT2D eigenvalue weighted by atomic mass is 16.8. The molecular formula is C58H98N2O46. The summed E-state index contributed by atoms with van der Waals surface area (Å²) in [5.74, 6) is -1.72. The van der Waals surface area contributed by atoms with Gasteiger partial charge in [-0.2, -0.15) is 0 Å². The Kier molecular flexibility index (Phi) is 31.1. The number of nitrogens with one attached hydrogen (secondary N) is 2. The zero-order chi connectivity index (χ0) is 77.9. The minimum absolute atomic E-state index is 0.783. The fourth-order valence-electron chi connectivity index (χ4n) is 13.5. The van der Waals surface area contributed by atoms with Crippen LogP contribution in [0.25, 0.3) is 0 Å². The van der Waals surface area contributed by atoms with Crippen LogP contribution in [0, 0.1) is 0 Å². The number of amides is 2. The van der Waals surface area contributed by atoms with Gasteiger partial charge in [-0.1, -0.05) is 0 Å². The first-order chi connectivity index (χ1) is 50.2. The van der Waals surface area contributed by atoms with Crippen LogP contribution in [-0.2, 0) is 90.1 Å². The van der Waals surface area contributed by atoms with Gasteiger partial charge in [0, 0.05) is 13.8 Å². The summed E-state index contributed by atoms with van der Waals surface area (Å²) >= 11 is 0. The molecule has 0 aromatic heterocycles. The summed E-state index contributed by atoms with van der Waals surface area (Å²) in [5.41, 5.74) is 0. The van der Waals surface area contributed by atoms with Crippen LogP contribution in [0.5, 0.6) is 0 Å². The van der Waals surface area contributed by atoms with Gasteiger partial charge in [0.05, 0.1) is 59.5 Å². The van der Waals surface area contributed by atoms with E-state index in [1.807, 2.05) is 0 Å². The monoisotopic (exact) mass is 1560 g/mol. The number of rotatable bonds is 27. The van der Waals surface area contributed by atoms with Crippen LogP contribution >= 0.6 is 0 Å². The number of hydrogen-bond donors (Lipinski definition) is 29. The second kappa shape index (κ2) is 37.9. The molecule has 48 heteroatoms. The molecule has 2 amide bonds. The minimum atomic E-state index is -2.54. The highest BCUT2D eigenvalue weighted by Gasteiger charge is 2.60. The largest absolute Gasteiger partial charge is 0.394 e. The molecule has 0 unspecified atom stereocenters. The standard InChI is InChI=1S/C58H98N2O46/c1-12(68)59-23-32(77)44(19(8-66)92-50(23)89)101-51-24(60-13(2)69)33(78)45(20(9-67)98-51)102-56-43(88)47(104-58-49(38(83)29(74)18(7-65)97-58)106-55-41(86)36(81)27(72)16(5-63)95-55)31(76)22(100-56)10-90-52-42(87)46(103-53-39(84)34(79)25(70)14(3-61)93-53)30(75)21(99-52)11-91-57-48(37(82)28(73)17(6-64)96-57)105-54-40(85)35(80)26(71)15(4-62)94-54/h14-58,61-67,70-89H,3-11H2,1-2H3,(H,59,68)(H,60,69)/t14-,15-,16-,17-,18-,19-,20-,21-,22-,23-,24-,25-,26-,27-,28-,29-,30-,31-,32-,33-,34+,35+,36+,37+,38+,39+,40+,41+,42+,43+,44-,45-,46+,47+,48+,49+,50-,51-,52+,53-,54-,55-,56+,57+,58-/m1/s1. The normalized spacial score (nSPS) is 51.2. The van der Waals surface area contributed by atoms with Crippen molar-refractivity contribution in [3.63, 3.8) is 0 Å². The van der Waals surface area contributed by atoms with Gasteiger partial charge in [-0.05, 0) is 0 Å². The molecule has 45 atom stereocenters. The Morgan fingerprint density at radius 1 is 0.245 bits per heavy atom. The lowest BCUT2D eigenvalue weighted by Gasteiger charge is -2.50. The summed E-state index contributed by atoms with van der Waals surface area (Å²) in [5, 5.41) is 301. The van der Waals surface area contributed by atoms with Crippen LogP contribution in [0.15, 0.2) is 0 Å². The van der Waals surface area contributed by atoms with Crippen LogP contribution in [0.2, 0.25) is 0 Å². The maximum Gasteiger partial charge on any atom is 0.217 e. The maximum atomic E-state index is 12.9. The first kappa shape index (κ1) is 87.2. The van der Waals surface area contributed by atoms with E-state index in [1.54, 1.807) is 0 Å². The molecule has 0 spiro atoms. The number of carbonyl (C=O) groups is 2. The van der Waals surface area contributed by atoms with Crippen LogP contribution in [-0.4, -0.2) is 485 Å². The average molecular weight is 1560 g/mol. The van der Waals surface area contributed by atoms with Gasteiger partial charge in [-0.15, -0.1) is 0 Å². The quantitative estimate of drug-likeness (QED) is 0.0363. The van der Waals surface area contributed by atoms with Gasteiger partial charge in [0.1, 0.15) is 220 Å². The minimum Gasteiger partial charge on any atom is -0.394 e. The van der Waals surface area contributed by atoms with E-state index >= 15 is 0 Å². The Hall–Kier alpha value is -2.82. The van der Waals surface area contributed by atoms with Gasteiger partial charge in [0.15, 0.2) is 56.6 Å².